The second-order valence-corrected chi connectivity index (χ2v) is 6.01. The predicted molar refractivity (Wildman–Crippen MR) is 89.7 cm³/mol. The molecule has 0 bridgehead atoms. The summed E-state index contributed by atoms with van der Waals surface area (Å²) in [4.78, 5) is 23.4. The van der Waals surface area contributed by atoms with Crippen LogP contribution in [0.5, 0.6) is 5.75 Å². The summed E-state index contributed by atoms with van der Waals surface area (Å²) in [6.07, 6.45) is 0.359. The normalized spacial score (nSPS) is 10.8. The maximum absolute atomic E-state index is 11.9. The van der Waals surface area contributed by atoms with Gasteiger partial charge in [-0.25, -0.2) is 4.79 Å². The molecule has 0 atom stereocenters. The molecule has 0 aliphatic rings. The third-order valence-corrected chi connectivity index (χ3v) is 2.71. The third-order valence-electron chi connectivity index (χ3n) is 2.71. The highest BCUT2D eigenvalue weighted by Crippen LogP contribution is 2.23. The number of ether oxygens (including phenoxy) is 2. The van der Waals surface area contributed by atoms with Gasteiger partial charge in [0.05, 0.1) is 12.3 Å². The number of anilines is 1. The summed E-state index contributed by atoms with van der Waals surface area (Å²) >= 11 is 0. The molecule has 1 aromatic rings. The zero-order chi connectivity index (χ0) is 17.3. The van der Waals surface area contributed by atoms with E-state index in [2.05, 4.69) is 10.6 Å². The van der Waals surface area contributed by atoms with Crippen LogP contribution in [0.4, 0.5) is 10.5 Å². The Bertz CT molecular complexity index is 524. The summed E-state index contributed by atoms with van der Waals surface area (Å²) in [6, 6.07) is 7.29. The molecule has 0 spiro atoms. The van der Waals surface area contributed by atoms with Gasteiger partial charge in [0.2, 0.25) is 5.91 Å². The fraction of sp³-hybridized carbons (Fsp3) is 0.529. The third kappa shape index (κ3) is 8.09. The van der Waals surface area contributed by atoms with Gasteiger partial charge in [0.25, 0.3) is 0 Å². The molecule has 6 heteroatoms. The molecule has 0 radical (unpaired) electrons. The summed E-state index contributed by atoms with van der Waals surface area (Å²) in [5, 5.41) is 5.44. The fourth-order valence-electron chi connectivity index (χ4n) is 1.82. The number of rotatable bonds is 7. The number of amides is 2. The van der Waals surface area contributed by atoms with Crippen LogP contribution in [0.3, 0.4) is 0 Å². The van der Waals surface area contributed by atoms with Crippen LogP contribution in [-0.2, 0) is 9.53 Å². The fourth-order valence-corrected chi connectivity index (χ4v) is 1.82. The number of nitrogens with one attached hydrogen (secondary N) is 2. The molecule has 0 aliphatic carbocycles. The smallest absolute Gasteiger partial charge is 0.407 e. The van der Waals surface area contributed by atoms with Crippen LogP contribution in [0.25, 0.3) is 0 Å². The van der Waals surface area contributed by atoms with Crippen molar-refractivity contribution in [2.24, 2.45) is 0 Å². The maximum Gasteiger partial charge on any atom is 0.407 e. The number of para-hydroxylation sites is 2. The number of carbonyl (C=O) groups is 2. The molecule has 128 valence electrons. The Morgan fingerprint density at radius 1 is 1.17 bits per heavy atom. The molecule has 0 aliphatic heterocycles. The van der Waals surface area contributed by atoms with Crippen molar-refractivity contribution in [3.05, 3.63) is 24.3 Å². The Labute approximate surface area is 137 Å². The maximum atomic E-state index is 11.9. The Morgan fingerprint density at radius 2 is 1.87 bits per heavy atom. The SMILES string of the molecule is CCOc1ccccc1NC(=O)CCCNC(=O)OC(C)(C)C. The van der Waals surface area contributed by atoms with Gasteiger partial charge in [-0.3, -0.25) is 4.79 Å². The van der Waals surface area contributed by atoms with Crippen molar-refractivity contribution in [3.8, 4) is 5.75 Å². The van der Waals surface area contributed by atoms with Crippen LogP contribution < -0.4 is 15.4 Å². The first-order valence-electron chi connectivity index (χ1n) is 7.80. The van der Waals surface area contributed by atoms with E-state index >= 15 is 0 Å². The quantitative estimate of drug-likeness (QED) is 0.755. The highest BCUT2D eigenvalue weighted by Gasteiger charge is 2.15. The van der Waals surface area contributed by atoms with Gasteiger partial charge in [-0.1, -0.05) is 12.1 Å². The Morgan fingerprint density at radius 3 is 2.52 bits per heavy atom. The first-order chi connectivity index (χ1) is 10.8. The van der Waals surface area contributed by atoms with Crippen molar-refractivity contribution in [2.75, 3.05) is 18.5 Å². The van der Waals surface area contributed by atoms with Crippen LogP contribution in [0, 0.1) is 0 Å². The van der Waals surface area contributed by atoms with E-state index in [1.54, 1.807) is 26.8 Å². The van der Waals surface area contributed by atoms with E-state index in [-0.39, 0.29) is 5.91 Å². The Balaban J connectivity index is 2.31. The van der Waals surface area contributed by atoms with Gasteiger partial charge in [-0.2, -0.15) is 0 Å². The van der Waals surface area contributed by atoms with Gasteiger partial charge in [0.15, 0.2) is 0 Å². The molecule has 23 heavy (non-hydrogen) atoms. The van der Waals surface area contributed by atoms with E-state index < -0.39 is 11.7 Å². The van der Waals surface area contributed by atoms with Crippen molar-refractivity contribution in [2.45, 2.75) is 46.1 Å². The molecule has 0 unspecified atom stereocenters. The van der Waals surface area contributed by atoms with Gasteiger partial charge in [0.1, 0.15) is 11.4 Å². The lowest BCUT2D eigenvalue weighted by molar-refractivity contribution is -0.116. The Kier molecular flexibility index (Phi) is 7.38. The largest absolute Gasteiger partial charge is 0.492 e. The molecule has 2 amide bonds. The molecule has 1 rings (SSSR count). The van der Waals surface area contributed by atoms with E-state index in [1.807, 2.05) is 25.1 Å². The van der Waals surface area contributed by atoms with Gasteiger partial charge in [0, 0.05) is 13.0 Å². The van der Waals surface area contributed by atoms with Gasteiger partial charge < -0.3 is 20.1 Å². The van der Waals surface area contributed by atoms with Crippen LogP contribution >= 0.6 is 0 Å². The number of hydrogen-bond donors (Lipinski definition) is 2. The van der Waals surface area contributed by atoms with Crippen molar-refractivity contribution in [1.82, 2.24) is 5.32 Å². The van der Waals surface area contributed by atoms with Gasteiger partial charge in [-0.15, -0.1) is 0 Å². The van der Waals surface area contributed by atoms with Gasteiger partial charge >= 0.3 is 6.09 Å². The minimum atomic E-state index is -0.523. The number of hydrogen-bond acceptors (Lipinski definition) is 4. The molecule has 0 saturated carbocycles. The van der Waals surface area contributed by atoms with Crippen LogP contribution in [-0.4, -0.2) is 30.8 Å². The minimum Gasteiger partial charge on any atom is -0.492 e. The van der Waals surface area contributed by atoms with E-state index in [1.165, 1.54) is 0 Å². The van der Waals surface area contributed by atoms with Crippen molar-refractivity contribution in [3.63, 3.8) is 0 Å². The van der Waals surface area contributed by atoms with Crippen LogP contribution in [0.1, 0.15) is 40.5 Å². The highest BCUT2D eigenvalue weighted by atomic mass is 16.6. The van der Waals surface area contributed by atoms with Crippen molar-refractivity contribution in [1.29, 1.82) is 0 Å². The first-order valence-corrected chi connectivity index (χ1v) is 7.80. The molecular formula is C17H26N2O4. The lowest BCUT2D eigenvalue weighted by Crippen LogP contribution is -2.33. The molecule has 6 nitrogen and oxygen atoms in total. The lowest BCUT2D eigenvalue weighted by atomic mass is 10.2. The molecule has 0 aromatic heterocycles. The number of benzene rings is 1. The average molecular weight is 322 g/mol. The van der Waals surface area contributed by atoms with Gasteiger partial charge in [-0.05, 0) is 46.2 Å². The van der Waals surface area contributed by atoms with Crippen LogP contribution in [0.2, 0.25) is 0 Å². The zero-order valence-corrected chi connectivity index (χ0v) is 14.3. The molecular weight excluding hydrogens is 296 g/mol. The minimum absolute atomic E-state index is 0.122. The van der Waals surface area contributed by atoms with Crippen molar-refractivity contribution < 1.29 is 19.1 Å². The summed E-state index contributed by atoms with van der Waals surface area (Å²) < 4.78 is 10.6. The number of carbonyl (C=O) groups excluding carboxylic acids is 2. The molecule has 0 fully saturated rings. The molecule has 0 heterocycles. The second-order valence-electron chi connectivity index (χ2n) is 6.01. The van der Waals surface area contributed by atoms with E-state index in [4.69, 9.17) is 9.47 Å². The molecule has 1 aromatic carbocycles. The van der Waals surface area contributed by atoms with Crippen molar-refractivity contribution >= 4 is 17.7 Å². The monoisotopic (exact) mass is 322 g/mol. The van der Waals surface area contributed by atoms with Crippen LogP contribution in [0.15, 0.2) is 24.3 Å². The standard InChI is InChI=1S/C17H26N2O4/c1-5-22-14-10-7-6-9-13(14)19-15(20)11-8-12-18-16(21)23-17(2,3)4/h6-7,9-10H,5,8,11-12H2,1-4H3,(H,18,21)(H,19,20). The predicted octanol–water partition coefficient (Wildman–Crippen LogP) is 3.33. The first kappa shape index (κ1) is 18.8. The summed E-state index contributed by atoms with van der Waals surface area (Å²) in [6.45, 7) is 8.21. The number of alkyl carbamates (subject to hydrolysis) is 1. The van der Waals surface area contributed by atoms with E-state index in [9.17, 15) is 9.59 Å². The lowest BCUT2D eigenvalue weighted by Gasteiger charge is -2.19. The Hall–Kier alpha value is -2.24. The highest BCUT2D eigenvalue weighted by molar-refractivity contribution is 5.92. The summed E-state index contributed by atoms with van der Waals surface area (Å²) in [5.74, 6) is 0.526. The molecule has 2 N–H and O–H groups in total. The topological polar surface area (TPSA) is 76.7 Å². The average Bonchev–Trinajstić information content (AvgIpc) is 2.44. The van der Waals surface area contributed by atoms with E-state index in [0.717, 1.165) is 0 Å². The van der Waals surface area contributed by atoms with E-state index in [0.29, 0.717) is 37.4 Å². The zero-order valence-electron chi connectivity index (χ0n) is 14.3. The summed E-state index contributed by atoms with van der Waals surface area (Å²) in [7, 11) is 0. The molecule has 0 saturated heterocycles. The second kappa shape index (κ2) is 9.02. The summed E-state index contributed by atoms with van der Waals surface area (Å²) in [5.41, 5.74) is 0.129.